The molecule has 19 heavy (non-hydrogen) atoms. The SMILES string of the molecule is CC(C)(C)NC(=O)CCNCc1cnn(CCO)c1. The van der Waals surface area contributed by atoms with Gasteiger partial charge in [0, 0.05) is 36.8 Å². The van der Waals surface area contributed by atoms with Crippen molar-refractivity contribution in [2.45, 2.75) is 45.8 Å². The number of aromatic nitrogens is 2. The Morgan fingerprint density at radius 3 is 2.84 bits per heavy atom. The van der Waals surface area contributed by atoms with Gasteiger partial charge in [-0.3, -0.25) is 9.48 Å². The van der Waals surface area contributed by atoms with Crippen LogP contribution in [0.25, 0.3) is 0 Å². The summed E-state index contributed by atoms with van der Waals surface area (Å²) in [6.45, 7) is 7.80. The van der Waals surface area contributed by atoms with Crippen LogP contribution in [0.2, 0.25) is 0 Å². The molecular formula is C13H24N4O2. The van der Waals surface area contributed by atoms with Gasteiger partial charge in [-0.2, -0.15) is 5.10 Å². The van der Waals surface area contributed by atoms with E-state index in [1.807, 2.05) is 27.0 Å². The number of aliphatic hydroxyl groups is 1. The summed E-state index contributed by atoms with van der Waals surface area (Å²) in [5, 5.41) is 19.0. The molecule has 1 aromatic heterocycles. The van der Waals surface area contributed by atoms with Gasteiger partial charge in [0.1, 0.15) is 0 Å². The maximum Gasteiger partial charge on any atom is 0.221 e. The highest BCUT2D eigenvalue weighted by molar-refractivity contribution is 5.76. The van der Waals surface area contributed by atoms with E-state index >= 15 is 0 Å². The largest absolute Gasteiger partial charge is 0.394 e. The number of nitrogens with zero attached hydrogens (tertiary/aromatic N) is 2. The van der Waals surface area contributed by atoms with Gasteiger partial charge in [0.05, 0.1) is 19.3 Å². The summed E-state index contributed by atoms with van der Waals surface area (Å²) >= 11 is 0. The van der Waals surface area contributed by atoms with Crippen molar-refractivity contribution < 1.29 is 9.90 Å². The van der Waals surface area contributed by atoms with Crippen molar-refractivity contribution in [1.82, 2.24) is 20.4 Å². The minimum atomic E-state index is -0.178. The van der Waals surface area contributed by atoms with E-state index in [-0.39, 0.29) is 18.1 Å². The van der Waals surface area contributed by atoms with Crippen LogP contribution in [0.5, 0.6) is 0 Å². The minimum Gasteiger partial charge on any atom is -0.394 e. The number of carbonyl (C=O) groups excluding carboxylic acids is 1. The molecule has 6 heteroatoms. The Bertz CT molecular complexity index is 396. The number of amides is 1. The summed E-state index contributed by atoms with van der Waals surface area (Å²) in [5.41, 5.74) is 0.868. The highest BCUT2D eigenvalue weighted by Gasteiger charge is 2.12. The molecule has 108 valence electrons. The van der Waals surface area contributed by atoms with E-state index in [1.165, 1.54) is 0 Å². The van der Waals surface area contributed by atoms with Crippen molar-refractivity contribution in [3.8, 4) is 0 Å². The average molecular weight is 268 g/mol. The minimum absolute atomic E-state index is 0.0518. The smallest absolute Gasteiger partial charge is 0.221 e. The van der Waals surface area contributed by atoms with Gasteiger partial charge in [-0.05, 0) is 20.8 Å². The number of hydrogen-bond donors (Lipinski definition) is 3. The molecule has 0 spiro atoms. The van der Waals surface area contributed by atoms with Crippen LogP contribution >= 0.6 is 0 Å². The van der Waals surface area contributed by atoms with Crippen LogP contribution in [0.15, 0.2) is 12.4 Å². The monoisotopic (exact) mass is 268 g/mol. The molecule has 0 aliphatic carbocycles. The lowest BCUT2D eigenvalue weighted by Gasteiger charge is -2.20. The van der Waals surface area contributed by atoms with Gasteiger partial charge in [-0.25, -0.2) is 0 Å². The first kappa shape index (κ1) is 15.7. The fourth-order valence-corrected chi connectivity index (χ4v) is 1.64. The Kier molecular flexibility index (Phi) is 5.98. The van der Waals surface area contributed by atoms with Crippen LogP contribution in [0.3, 0.4) is 0 Å². The molecule has 0 atom stereocenters. The molecule has 1 aromatic rings. The molecule has 1 heterocycles. The van der Waals surface area contributed by atoms with E-state index in [9.17, 15) is 4.79 Å². The van der Waals surface area contributed by atoms with E-state index in [0.29, 0.717) is 26.1 Å². The summed E-state index contributed by atoms with van der Waals surface area (Å²) in [4.78, 5) is 11.6. The molecule has 0 aliphatic heterocycles. The summed E-state index contributed by atoms with van der Waals surface area (Å²) in [6, 6.07) is 0. The zero-order chi connectivity index (χ0) is 14.3. The molecule has 0 unspecified atom stereocenters. The van der Waals surface area contributed by atoms with E-state index in [4.69, 9.17) is 5.11 Å². The van der Waals surface area contributed by atoms with Crippen LogP contribution in [0.4, 0.5) is 0 Å². The van der Waals surface area contributed by atoms with Gasteiger partial charge in [0.25, 0.3) is 0 Å². The van der Waals surface area contributed by atoms with Crippen molar-refractivity contribution in [2.24, 2.45) is 0 Å². The topological polar surface area (TPSA) is 79.2 Å². The number of nitrogens with one attached hydrogen (secondary N) is 2. The highest BCUT2D eigenvalue weighted by atomic mass is 16.3. The lowest BCUT2D eigenvalue weighted by Crippen LogP contribution is -2.41. The maximum atomic E-state index is 11.6. The molecule has 0 radical (unpaired) electrons. The molecule has 0 aromatic carbocycles. The maximum absolute atomic E-state index is 11.6. The zero-order valence-corrected chi connectivity index (χ0v) is 11.9. The second-order valence-electron chi connectivity index (χ2n) is 5.56. The lowest BCUT2D eigenvalue weighted by molar-refractivity contribution is -0.122. The van der Waals surface area contributed by atoms with Crippen molar-refractivity contribution in [1.29, 1.82) is 0 Å². The highest BCUT2D eigenvalue weighted by Crippen LogP contribution is 1.99. The lowest BCUT2D eigenvalue weighted by atomic mass is 10.1. The fraction of sp³-hybridized carbons (Fsp3) is 0.692. The Morgan fingerprint density at radius 1 is 1.47 bits per heavy atom. The summed E-state index contributed by atoms with van der Waals surface area (Å²) in [7, 11) is 0. The number of carbonyl (C=O) groups is 1. The first-order valence-corrected chi connectivity index (χ1v) is 6.54. The molecule has 3 N–H and O–H groups in total. The van der Waals surface area contributed by atoms with Gasteiger partial charge < -0.3 is 15.7 Å². The van der Waals surface area contributed by atoms with Crippen molar-refractivity contribution >= 4 is 5.91 Å². The Balaban J connectivity index is 2.18. The Labute approximate surface area is 114 Å². The molecule has 1 amide bonds. The molecular weight excluding hydrogens is 244 g/mol. The van der Waals surface area contributed by atoms with Gasteiger partial charge in [-0.15, -0.1) is 0 Å². The van der Waals surface area contributed by atoms with Gasteiger partial charge in [0.15, 0.2) is 0 Å². The zero-order valence-electron chi connectivity index (χ0n) is 11.9. The normalized spacial score (nSPS) is 11.6. The second kappa shape index (κ2) is 7.25. The summed E-state index contributed by atoms with van der Waals surface area (Å²) in [6.07, 6.45) is 4.11. The number of aliphatic hydroxyl groups excluding tert-OH is 1. The van der Waals surface area contributed by atoms with Gasteiger partial charge in [-0.1, -0.05) is 0 Å². The van der Waals surface area contributed by atoms with Crippen LogP contribution in [-0.2, 0) is 17.9 Å². The van der Waals surface area contributed by atoms with Crippen LogP contribution in [0, 0.1) is 0 Å². The fourth-order valence-electron chi connectivity index (χ4n) is 1.64. The first-order chi connectivity index (χ1) is 8.90. The third kappa shape index (κ3) is 6.93. The predicted octanol–water partition coefficient (Wildman–Crippen LogP) is 0.270. The van der Waals surface area contributed by atoms with Crippen LogP contribution in [-0.4, -0.2) is 39.5 Å². The van der Waals surface area contributed by atoms with E-state index in [0.717, 1.165) is 5.56 Å². The first-order valence-electron chi connectivity index (χ1n) is 6.54. The summed E-state index contributed by atoms with van der Waals surface area (Å²) in [5.74, 6) is 0.0518. The van der Waals surface area contributed by atoms with E-state index in [2.05, 4.69) is 15.7 Å². The average Bonchev–Trinajstić information content (AvgIpc) is 2.70. The molecule has 0 fully saturated rings. The van der Waals surface area contributed by atoms with Gasteiger partial charge >= 0.3 is 0 Å². The Hall–Kier alpha value is -1.40. The number of rotatable bonds is 7. The van der Waals surface area contributed by atoms with Gasteiger partial charge in [0.2, 0.25) is 5.91 Å². The quantitative estimate of drug-likeness (QED) is 0.620. The third-order valence-electron chi connectivity index (χ3n) is 2.39. The molecule has 0 saturated carbocycles. The van der Waals surface area contributed by atoms with Crippen molar-refractivity contribution in [3.05, 3.63) is 18.0 Å². The van der Waals surface area contributed by atoms with E-state index in [1.54, 1.807) is 10.9 Å². The van der Waals surface area contributed by atoms with Crippen molar-refractivity contribution in [2.75, 3.05) is 13.2 Å². The molecule has 0 saturated heterocycles. The molecule has 1 rings (SSSR count). The molecule has 0 bridgehead atoms. The predicted molar refractivity (Wildman–Crippen MR) is 73.5 cm³/mol. The van der Waals surface area contributed by atoms with Crippen LogP contribution < -0.4 is 10.6 Å². The standard InChI is InChI=1S/C13H24N4O2/c1-13(2,3)16-12(19)4-5-14-8-11-9-15-17(10-11)6-7-18/h9-10,14,18H,4-8H2,1-3H3,(H,16,19). The molecule has 6 nitrogen and oxygen atoms in total. The van der Waals surface area contributed by atoms with E-state index < -0.39 is 0 Å². The Morgan fingerprint density at radius 2 is 2.21 bits per heavy atom. The molecule has 0 aliphatic rings. The second-order valence-corrected chi connectivity index (χ2v) is 5.56. The van der Waals surface area contributed by atoms with Crippen LogP contribution in [0.1, 0.15) is 32.8 Å². The van der Waals surface area contributed by atoms with Crippen molar-refractivity contribution in [3.63, 3.8) is 0 Å². The third-order valence-corrected chi connectivity index (χ3v) is 2.39. The number of hydrogen-bond acceptors (Lipinski definition) is 4. The summed E-state index contributed by atoms with van der Waals surface area (Å²) < 4.78 is 1.70.